The molecule has 0 radical (unpaired) electrons. The van der Waals surface area contributed by atoms with Gasteiger partial charge in [-0.25, -0.2) is 23.2 Å². The lowest BCUT2D eigenvalue weighted by molar-refractivity contribution is -0.274. The molecule has 6 N–H and O–H groups in total. The maximum absolute atomic E-state index is 15.0. The van der Waals surface area contributed by atoms with Gasteiger partial charge >= 0.3 is 20.2 Å². The number of cyclic esters (lactones) is 1. The van der Waals surface area contributed by atoms with Gasteiger partial charge in [0.15, 0.2) is 0 Å². The van der Waals surface area contributed by atoms with Crippen molar-refractivity contribution in [2.75, 3.05) is 31.4 Å². The van der Waals surface area contributed by atoms with E-state index in [4.69, 9.17) is 9.26 Å². The Morgan fingerprint density at radius 3 is 2.28 bits per heavy atom. The SMILES string of the molecule is C[C@@H]1C[C@H]2C(=O)O[C@@H](C)[C@H](NC(=O)[C@H](Cc3cc(F)cc(F)c3)NCN(O)c3cccc(OC(F)(F)F)c3)C(=O)N3C[C@H](OP(=O)(O)O)C[C@H]3C(=O)N3CCCC[C@H]3C(=O)N[C@@H](C)C(=O)N2C1. The Morgan fingerprint density at radius 2 is 1.61 bits per heavy atom. The number of hydrogen-bond donors (Lipinski definition) is 6. The summed E-state index contributed by atoms with van der Waals surface area (Å²) < 4.78 is 94.5. The van der Waals surface area contributed by atoms with E-state index in [9.17, 15) is 70.3 Å². The molecule has 20 nitrogen and oxygen atoms in total. The molecule has 4 heterocycles. The predicted octanol–water partition coefficient (Wildman–Crippen LogP) is 1.85. The minimum Gasteiger partial charge on any atom is -0.458 e. The zero-order valence-electron chi connectivity index (χ0n) is 36.4. The van der Waals surface area contributed by atoms with Gasteiger partial charge in [0.05, 0.1) is 24.5 Å². The number of phosphoric ester groups is 1. The van der Waals surface area contributed by atoms with E-state index in [-0.39, 0.29) is 43.1 Å². The zero-order valence-corrected chi connectivity index (χ0v) is 37.3. The van der Waals surface area contributed by atoms with E-state index in [1.807, 2.05) is 0 Å². The van der Waals surface area contributed by atoms with Crippen LogP contribution < -0.4 is 25.8 Å². The van der Waals surface area contributed by atoms with Crippen molar-refractivity contribution in [3.05, 3.63) is 59.7 Å². The summed E-state index contributed by atoms with van der Waals surface area (Å²) in [7, 11) is -5.26. The molecule has 5 amide bonds. The number of nitrogens with zero attached hydrogens (tertiary/aromatic N) is 4. The van der Waals surface area contributed by atoms with Gasteiger partial charge < -0.3 is 44.6 Å². The fourth-order valence-corrected chi connectivity index (χ4v) is 9.37. The van der Waals surface area contributed by atoms with Crippen molar-refractivity contribution in [2.24, 2.45) is 5.92 Å². The van der Waals surface area contributed by atoms with Gasteiger partial charge in [0.25, 0.3) is 0 Å². The summed E-state index contributed by atoms with van der Waals surface area (Å²) in [6, 6.07) is -2.38. The molecular weight excluding hydrogens is 924 g/mol. The molecule has 0 aliphatic carbocycles. The third-order valence-electron chi connectivity index (χ3n) is 11.9. The highest BCUT2D eigenvalue weighted by atomic mass is 31.2. The fraction of sp³-hybridized carbons (Fsp3) is 0.561. The Hall–Kier alpha value is -5.46. The monoisotopic (exact) mass is 975 g/mol. The number of benzene rings is 2. The van der Waals surface area contributed by atoms with Crippen LogP contribution in [0.3, 0.4) is 0 Å². The van der Waals surface area contributed by atoms with Crippen molar-refractivity contribution in [2.45, 2.75) is 114 Å². The van der Waals surface area contributed by atoms with E-state index < -0.39 is 142 Å². The molecule has 4 fully saturated rings. The summed E-state index contributed by atoms with van der Waals surface area (Å²) in [4.78, 5) is 109. The highest BCUT2D eigenvalue weighted by Crippen LogP contribution is 2.41. The number of hydroxylamine groups is 1. The predicted molar refractivity (Wildman–Crippen MR) is 220 cm³/mol. The number of amides is 5. The summed E-state index contributed by atoms with van der Waals surface area (Å²) in [5.41, 5.74) is -0.400. The van der Waals surface area contributed by atoms with Crippen LogP contribution in [0, 0.1) is 17.6 Å². The van der Waals surface area contributed by atoms with E-state index in [1.54, 1.807) is 6.92 Å². The number of hydrogen-bond acceptors (Lipinski definition) is 13. The maximum atomic E-state index is 15.0. The van der Waals surface area contributed by atoms with Crippen molar-refractivity contribution in [1.82, 2.24) is 30.7 Å². The molecule has 26 heteroatoms. The van der Waals surface area contributed by atoms with Crippen LogP contribution in [0.2, 0.25) is 0 Å². The van der Waals surface area contributed by atoms with Gasteiger partial charge in [-0.3, -0.25) is 39.0 Å². The third kappa shape index (κ3) is 13.0. The molecule has 0 spiro atoms. The summed E-state index contributed by atoms with van der Waals surface area (Å²) in [6.45, 7) is 3.07. The van der Waals surface area contributed by atoms with Gasteiger partial charge in [-0.1, -0.05) is 13.0 Å². The second-order valence-electron chi connectivity index (χ2n) is 17.1. The molecular formula is C41H51F5N7O13P. The number of esters is 1. The molecule has 67 heavy (non-hydrogen) atoms. The number of phosphoric acid groups is 1. The van der Waals surface area contributed by atoms with Gasteiger partial charge in [-0.15, -0.1) is 13.2 Å². The van der Waals surface area contributed by atoms with E-state index >= 15 is 0 Å². The minimum atomic E-state index is -5.26. The number of carbonyl (C=O) groups excluding carboxylic acids is 6. The summed E-state index contributed by atoms with van der Waals surface area (Å²) >= 11 is 0. The van der Waals surface area contributed by atoms with Gasteiger partial charge in [0.1, 0.15) is 53.7 Å². The molecule has 0 bridgehead atoms. The highest BCUT2D eigenvalue weighted by molar-refractivity contribution is 7.46. The molecule has 2 aromatic carbocycles. The van der Waals surface area contributed by atoms with Crippen LogP contribution in [-0.2, 0) is 49.0 Å². The number of fused-ring (bicyclic) bond motifs is 3. The first-order valence-electron chi connectivity index (χ1n) is 21.3. The molecule has 4 aliphatic rings. The number of rotatable bonds is 11. The summed E-state index contributed by atoms with van der Waals surface area (Å²) in [5, 5.41) is 19.0. The van der Waals surface area contributed by atoms with Crippen LogP contribution in [0.1, 0.15) is 58.4 Å². The third-order valence-corrected chi connectivity index (χ3v) is 12.4. The Morgan fingerprint density at radius 1 is 0.925 bits per heavy atom. The standard InChI is InChI=1S/C41H51F5N7O13P/c1-21-11-33-40(59)64-23(3)34(49-35(54)30(14-24-12-25(42)15-26(43)13-24)47-20-53(60)27-7-6-8-28(16-27)65-41(44,45)46)39(58)52-19-29(66-67(61,62)63)17-32(52)38(57)50-10-5-4-9-31(50)36(55)48-22(2)37(56)51(33)18-21/h6-8,12-13,15-16,21-23,29-34,47,60H,4-5,9-11,14,17-20H2,1-3H3,(H,48,55)(H,49,54)(H2,61,62,63)/t21-,22+,23+,29-,30+,31+,32+,33+,34+/m1/s1. The molecule has 0 aromatic heterocycles. The Balaban J connectivity index is 1.38. The van der Waals surface area contributed by atoms with Crippen LogP contribution >= 0.6 is 7.82 Å². The number of carbonyl (C=O) groups is 6. The number of piperidine rings is 1. The lowest BCUT2D eigenvalue weighted by atomic mass is 9.98. The zero-order chi connectivity index (χ0) is 49.1. The first-order chi connectivity index (χ1) is 31.4. The first kappa shape index (κ1) is 50.9. The van der Waals surface area contributed by atoms with Gasteiger partial charge in [0.2, 0.25) is 29.5 Å². The first-order valence-corrected chi connectivity index (χ1v) is 22.9. The maximum Gasteiger partial charge on any atom is 0.573 e. The number of nitrogens with one attached hydrogen (secondary N) is 3. The van der Waals surface area contributed by atoms with Crippen LogP contribution in [0.25, 0.3) is 0 Å². The minimum absolute atomic E-state index is 0.0111. The lowest BCUT2D eigenvalue weighted by Gasteiger charge is -2.39. The molecule has 6 rings (SSSR count). The normalized spacial score (nSPS) is 27.1. The Bertz CT molecular complexity index is 2240. The highest BCUT2D eigenvalue weighted by Gasteiger charge is 2.50. The van der Waals surface area contributed by atoms with E-state index in [1.165, 1.54) is 29.7 Å². The van der Waals surface area contributed by atoms with Gasteiger partial charge in [0, 0.05) is 38.2 Å². The number of halogens is 5. The van der Waals surface area contributed by atoms with Crippen LogP contribution in [0.4, 0.5) is 27.6 Å². The number of anilines is 1. The quantitative estimate of drug-likeness (QED) is 0.0618. The van der Waals surface area contributed by atoms with Gasteiger partial charge in [-0.05, 0) is 81.7 Å². The van der Waals surface area contributed by atoms with Gasteiger partial charge in [-0.2, -0.15) is 0 Å². The largest absolute Gasteiger partial charge is 0.573 e. The average molecular weight is 976 g/mol. The number of alkyl halides is 3. The average Bonchev–Trinajstić information content (AvgIpc) is 3.84. The van der Waals surface area contributed by atoms with Crippen molar-refractivity contribution in [3.63, 3.8) is 0 Å². The molecule has 2 aromatic rings. The van der Waals surface area contributed by atoms with Crippen molar-refractivity contribution in [3.8, 4) is 5.75 Å². The van der Waals surface area contributed by atoms with Crippen LogP contribution in [0.5, 0.6) is 5.75 Å². The molecule has 4 saturated heterocycles. The summed E-state index contributed by atoms with van der Waals surface area (Å²) in [6.07, 6.45) is -8.12. The van der Waals surface area contributed by atoms with E-state index in [0.29, 0.717) is 24.0 Å². The summed E-state index contributed by atoms with van der Waals surface area (Å²) in [5.74, 6) is -8.53. The van der Waals surface area contributed by atoms with Crippen molar-refractivity contribution in [1.29, 1.82) is 0 Å². The van der Waals surface area contributed by atoms with Crippen LogP contribution in [-0.4, -0.2) is 146 Å². The molecule has 0 unspecified atom stereocenters. The molecule has 0 saturated carbocycles. The molecule has 9 atom stereocenters. The van der Waals surface area contributed by atoms with E-state index in [2.05, 4.69) is 20.7 Å². The van der Waals surface area contributed by atoms with Crippen LogP contribution in [0.15, 0.2) is 42.5 Å². The fourth-order valence-electron chi connectivity index (χ4n) is 8.83. The lowest BCUT2D eigenvalue weighted by Crippen LogP contribution is -2.63. The Kier molecular flexibility index (Phi) is 15.8. The topological polar surface area (TPSA) is 257 Å². The second kappa shape index (κ2) is 20.8. The molecule has 4 aliphatic heterocycles. The smallest absolute Gasteiger partial charge is 0.458 e. The Labute approximate surface area is 380 Å². The second-order valence-corrected chi connectivity index (χ2v) is 18.2. The van der Waals surface area contributed by atoms with Crippen molar-refractivity contribution >= 4 is 49.0 Å². The molecule has 368 valence electrons. The van der Waals surface area contributed by atoms with Crippen molar-refractivity contribution < 1.29 is 84.3 Å². The van der Waals surface area contributed by atoms with E-state index in [0.717, 1.165) is 35.2 Å². The number of ether oxygens (including phenoxy) is 2.